The summed E-state index contributed by atoms with van der Waals surface area (Å²) in [5, 5.41) is 0.627. The van der Waals surface area contributed by atoms with Gasteiger partial charge >= 0.3 is 0 Å². The van der Waals surface area contributed by atoms with Crippen LogP contribution in [0.15, 0.2) is 53.1 Å². The van der Waals surface area contributed by atoms with Gasteiger partial charge in [0, 0.05) is 10.6 Å². The van der Waals surface area contributed by atoms with Gasteiger partial charge < -0.3 is 18.6 Å². The Morgan fingerprint density at radius 3 is 2.42 bits per heavy atom. The molecule has 6 heteroatoms. The van der Waals surface area contributed by atoms with E-state index in [2.05, 4.69) is 4.98 Å². The van der Waals surface area contributed by atoms with Gasteiger partial charge in [-0.05, 0) is 30.3 Å². The highest BCUT2D eigenvalue weighted by Gasteiger charge is 2.13. The lowest BCUT2D eigenvalue weighted by atomic mass is 10.2. The van der Waals surface area contributed by atoms with E-state index >= 15 is 0 Å². The molecule has 5 nitrogen and oxygen atoms in total. The van der Waals surface area contributed by atoms with Crippen molar-refractivity contribution in [2.24, 2.45) is 0 Å². The van der Waals surface area contributed by atoms with Crippen LogP contribution in [0.25, 0.3) is 11.5 Å². The number of rotatable bonds is 6. The van der Waals surface area contributed by atoms with E-state index in [1.807, 2.05) is 18.2 Å². The number of nitrogens with zero attached hydrogens (tertiary/aromatic N) is 1. The Labute approximate surface area is 144 Å². The van der Waals surface area contributed by atoms with Crippen LogP contribution in [-0.2, 0) is 6.61 Å². The lowest BCUT2D eigenvalue weighted by Gasteiger charge is -2.13. The van der Waals surface area contributed by atoms with Crippen molar-refractivity contribution in [1.82, 2.24) is 4.98 Å². The van der Waals surface area contributed by atoms with Crippen LogP contribution in [0.4, 0.5) is 0 Å². The minimum absolute atomic E-state index is 0.223. The average molecular weight is 346 g/mol. The van der Waals surface area contributed by atoms with E-state index in [9.17, 15) is 0 Å². The monoisotopic (exact) mass is 345 g/mol. The second-order valence-corrected chi connectivity index (χ2v) is 5.37. The molecule has 0 spiro atoms. The van der Waals surface area contributed by atoms with Crippen LogP contribution >= 0.6 is 11.6 Å². The van der Waals surface area contributed by atoms with Crippen molar-refractivity contribution < 1.29 is 18.6 Å². The van der Waals surface area contributed by atoms with Crippen molar-refractivity contribution in [3.8, 4) is 28.7 Å². The lowest BCUT2D eigenvalue weighted by molar-refractivity contribution is 0.262. The van der Waals surface area contributed by atoms with E-state index in [1.165, 1.54) is 0 Å². The van der Waals surface area contributed by atoms with E-state index in [-0.39, 0.29) is 6.61 Å². The van der Waals surface area contributed by atoms with E-state index in [4.69, 9.17) is 30.2 Å². The molecule has 0 atom stereocenters. The third-order valence-corrected chi connectivity index (χ3v) is 3.61. The van der Waals surface area contributed by atoms with Crippen molar-refractivity contribution in [3.63, 3.8) is 0 Å². The zero-order valence-corrected chi connectivity index (χ0v) is 14.0. The maximum Gasteiger partial charge on any atom is 0.226 e. The third-order valence-electron chi connectivity index (χ3n) is 3.37. The maximum atomic E-state index is 5.99. The van der Waals surface area contributed by atoms with E-state index in [1.54, 1.807) is 44.7 Å². The minimum atomic E-state index is 0.223. The molecule has 2 aromatic carbocycles. The fourth-order valence-corrected chi connectivity index (χ4v) is 2.42. The van der Waals surface area contributed by atoms with Crippen molar-refractivity contribution in [1.29, 1.82) is 0 Å². The smallest absolute Gasteiger partial charge is 0.226 e. The van der Waals surface area contributed by atoms with Crippen LogP contribution in [0, 0.1) is 0 Å². The first-order valence-electron chi connectivity index (χ1n) is 7.25. The summed E-state index contributed by atoms with van der Waals surface area (Å²) in [6, 6.07) is 12.8. The Morgan fingerprint density at radius 1 is 1.04 bits per heavy atom. The fourth-order valence-electron chi connectivity index (χ4n) is 2.23. The summed E-state index contributed by atoms with van der Waals surface area (Å²) in [6.07, 6.45) is 1.55. The highest BCUT2D eigenvalue weighted by molar-refractivity contribution is 6.30. The maximum absolute atomic E-state index is 5.99. The third kappa shape index (κ3) is 3.46. The topological polar surface area (TPSA) is 53.7 Å². The van der Waals surface area contributed by atoms with Gasteiger partial charge in [0.25, 0.3) is 0 Å². The number of para-hydroxylation sites is 1. The zero-order chi connectivity index (χ0) is 16.9. The summed E-state index contributed by atoms with van der Waals surface area (Å²) in [6.45, 7) is 0.223. The molecule has 0 amide bonds. The molecule has 24 heavy (non-hydrogen) atoms. The normalized spacial score (nSPS) is 10.5. The Balaban J connectivity index is 1.77. The molecule has 3 aromatic rings. The molecule has 1 aromatic heterocycles. The lowest BCUT2D eigenvalue weighted by Crippen LogP contribution is -2.00. The highest BCUT2D eigenvalue weighted by atomic mass is 35.5. The van der Waals surface area contributed by atoms with Crippen LogP contribution in [0.5, 0.6) is 17.2 Å². The van der Waals surface area contributed by atoms with Gasteiger partial charge in [-0.1, -0.05) is 23.7 Å². The molecule has 3 rings (SSSR count). The molecular formula is C18H16ClNO4. The second kappa shape index (κ2) is 7.27. The number of halogens is 1. The SMILES string of the molecule is COc1cccc(OC)c1OCc1coc(-c2cccc(Cl)c2)n1. The standard InChI is InChI=1S/C18H16ClNO4/c1-21-15-7-4-8-16(22-2)17(15)23-10-14-11-24-18(20-14)12-5-3-6-13(19)9-12/h3-9,11H,10H2,1-2H3. The van der Waals surface area contributed by atoms with Gasteiger partial charge in [-0.25, -0.2) is 4.98 Å². The summed E-state index contributed by atoms with van der Waals surface area (Å²) in [7, 11) is 3.16. The fraction of sp³-hybridized carbons (Fsp3) is 0.167. The van der Waals surface area contributed by atoms with E-state index in [0.717, 1.165) is 5.56 Å². The van der Waals surface area contributed by atoms with Gasteiger partial charge in [0.2, 0.25) is 11.6 Å². The molecule has 0 fully saturated rings. The number of ether oxygens (including phenoxy) is 3. The predicted octanol–water partition coefficient (Wildman–Crippen LogP) is 4.59. The van der Waals surface area contributed by atoms with Gasteiger partial charge in [0.05, 0.1) is 14.2 Å². The zero-order valence-electron chi connectivity index (χ0n) is 13.3. The first-order chi connectivity index (χ1) is 11.7. The highest BCUT2D eigenvalue weighted by Crippen LogP contribution is 2.37. The predicted molar refractivity (Wildman–Crippen MR) is 90.8 cm³/mol. The van der Waals surface area contributed by atoms with Gasteiger partial charge in [-0.3, -0.25) is 0 Å². The first kappa shape index (κ1) is 16.2. The number of hydrogen-bond acceptors (Lipinski definition) is 5. The van der Waals surface area contributed by atoms with Crippen molar-refractivity contribution in [2.45, 2.75) is 6.61 Å². The Kier molecular flexibility index (Phi) is 4.91. The van der Waals surface area contributed by atoms with Crippen LogP contribution in [0.3, 0.4) is 0 Å². The number of benzene rings is 2. The van der Waals surface area contributed by atoms with Crippen LogP contribution in [0.1, 0.15) is 5.69 Å². The molecule has 0 saturated carbocycles. The van der Waals surface area contributed by atoms with Crippen LogP contribution < -0.4 is 14.2 Å². The van der Waals surface area contributed by atoms with Gasteiger partial charge in [0.1, 0.15) is 18.6 Å². The summed E-state index contributed by atoms with van der Waals surface area (Å²) in [5.74, 6) is 2.19. The van der Waals surface area contributed by atoms with E-state index in [0.29, 0.717) is 33.9 Å². The Morgan fingerprint density at radius 2 is 1.75 bits per heavy atom. The number of hydrogen-bond donors (Lipinski definition) is 0. The molecular weight excluding hydrogens is 330 g/mol. The van der Waals surface area contributed by atoms with Crippen molar-refractivity contribution >= 4 is 11.6 Å². The molecule has 0 aliphatic carbocycles. The summed E-state index contributed by atoms with van der Waals surface area (Å²) < 4.78 is 21.9. The van der Waals surface area contributed by atoms with Gasteiger partial charge in [0.15, 0.2) is 11.5 Å². The summed E-state index contributed by atoms with van der Waals surface area (Å²) >= 11 is 5.99. The molecule has 0 aliphatic heterocycles. The molecule has 0 bridgehead atoms. The molecule has 0 N–H and O–H groups in total. The number of aromatic nitrogens is 1. The molecule has 0 aliphatic rings. The molecule has 0 radical (unpaired) electrons. The Bertz CT molecular complexity index is 809. The largest absolute Gasteiger partial charge is 0.493 e. The Hall–Kier alpha value is -2.66. The number of methoxy groups -OCH3 is 2. The molecule has 1 heterocycles. The van der Waals surface area contributed by atoms with E-state index < -0.39 is 0 Å². The van der Waals surface area contributed by atoms with Crippen LogP contribution in [-0.4, -0.2) is 19.2 Å². The second-order valence-electron chi connectivity index (χ2n) is 4.93. The number of oxazole rings is 1. The molecule has 0 unspecified atom stereocenters. The summed E-state index contributed by atoms with van der Waals surface area (Å²) in [4.78, 5) is 4.42. The first-order valence-corrected chi connectivity index (χ1v) is 7.63. The minimum Gasteiger partial charge on any atom is -0.493 e. The average Bonchev–Trinajstić information content (AvgIpc) is 3.08. The quantitative estimate of drug-likeness (QED) is 0.654. The molecule has 124 valence electrons. The summed E-state index contributed by atoms with van der Waals surface area (Å²) in [5.41, 5.74) is 1.46. The van der Waals surface area contributed by atoms with Crippen LogP contribution in [0.2, 0.25) is 5.02 Å². The van der Waals surface area contributed by atoms with Crippen molar-refractivity contribution in [3.05, 3.63) is 59.4 Å². The van der Waals surface area contributed by atoms with Gasteiger partial charge in [-0.15, -0.1) is 0 Å². The van der Waals surface area contributed by atoms with Crippen molar-refractivity contribution in [2.75, 3.05) is 14.2 Å². The molecule has 0 saturated heterocycles. The van der Waals surface area contributed by atoms with Gasteiger partial charge in [-0.2, -0.15) is 0 Å².